The van der Waals surface area contributed by atoms with Gasteiger partial charge < -0.3 is 4.74 Å². The number of tetrazole rings is 1. The van der Waals surface area contributed by atoms with E-state index in [4.69, 9.17) is 4.74 Å². The summed E-state index contributed by atoms with van der Waals surface area (Å²) in [5, 5.41) is 11.5. The standard InChI is InChI=1S/C23H29N5O2/c1-2-3-4-5-6-7-10-19-12-14-21(15-13-19)30-18-20(29)17-28-23(25-26-27-28)22-11-8-9-16-24-22/h8-9,11-16H,2-7,10,17-18H2,1H3. The molecule has 0 amide bonds. The van der Waals surface area contributed by atoms with E-state index in [1.165, 1.54) is 48.8 Å². The Hall–Kier alpha value is -3.09. The summed E-state index contributed by atoms with van der Waals surface area (Å²) in [6.07, 6.45) is 10.5. The van der Waals surface area contributed by atoms with Gasteiger partial charge in [0.15, 0.2) is 5.78 Å². The number of benzene rings is 1. The Bertz CT molecular complexity index is 893. The Morgan fingerprint density at radius 3 is 2.57 bits per heavy atom. The largest absolute Gasteiger partial charge is 0.486 e. The van der Waals surface area contributed by atoms with Crippen LogP contribution in [0.4, 0.5) is 0 Å². The smallest absolute Gasteiger partial charge is 0.201 e. The number of nitrogens with zero attached hydrogens (tertiary/aromatic N) is 5. The summed E-state index contributed by atoms with van der Waals surface area (Å²) in [7, 11) is 0. The number of rotatable bonds is 13. The molecule has 1 aromatic carbocycles. The number of hydrogen-bond donors (Lipinski definition) is 0. The zero-order valence-electron chi connectivity index (χ0n) is 17.5. The summed E-state index contributed by atoms with van der Waals surface area (Å²) in [6, 6.07) is 13.5. The van der Waals surface area contributed by atoms with Crippen LogP contribution in [-0.2, 0) is 17.8 Å². The van der Waals surface area contributed by atoms with Crippen molar-refractivity contribution in [3.8, 4) is 17.3 Å². The molecule has 7 nitrogen and oxygen atoms in total. The van der Waals surface area contributed by atoms with Crippen molar-refractivity contribution in [1.29, 1.82) is 0 Å². The highest BCUT2D eigenvalue weighted by Gasteiger charge is 2.13. The molecule has 0 unspecified atom stereocenters. The normalized spacial score (nSPS) is 10.8. The van der Waals surface area contributed by atoms with E-state index in [-0.39, 0.29) is 18.9 Å². The number of Topliss-reactive ketones (excluding diaryl/α,β-unsaturated/α-hetero) is 1. The van der Waals surface area contributed by atoms with Gasteiger partial charge in [-0.3, -0.25) is 9.78 Å². The third-order valence-electron chi connectivity index (χ3n) is 4.89. The Morgan fingerprint density at radius 1 is 1.00 bits per heavy atom. The van der Waals surface area contributed by atoms with E-state index < -0.39 is 0 Å². The van der Waals surface area contributed by atoms with Gasteiger partial charge in [0.05, 0.1) is 0 Å². The highest BCUT2D eigenvalue weighted by atomic mass is 16.5. The minimum atomic E-state index is -0.115. The average Bonchev–Trinajstić information content (AvgIpc) is 3.24. The zero-order valence-corrected chi connectivity index (χ0v) is 17.5. The molecular formula is C23H29N5O2. The van der Waals surface area contributed by atoms with Gasteiger partial charge in [-0.15, -0.1) is 5.10 Å². The van der Waals surface area contributed by atoms with Crippen LogP contribution < -0.4 is 4.74 Å². The summed E-state index contributed by atoms with van der Waals surface area (Å²) < 4.78 is 7.08. The molecule has 0 saturated carbocycles. The lowest BCUT2D eigenvalue weighted by atomic mass is 10.0. The van der Waals surface area contributed by atoms with E-state index >= 15 is 0 Å². The third-order valence-corrected chi connectivity index (χ3v) is 4.89. The minimum absolute atomic E-state index is 0.0295. The van der Waals surface area contributed by atoms with Gasteiger partial charge in [-0.25, -0.2) is 4.68 Å². The van der Waals surface area contributed by atoms with Crippen molar-refractivity contribution in [2.45, 2.75) is 58.4 Å². The predicted molar refractivity (Wildman–Crippen MR) is 115 cm³/mol. The molecule has 0 aliphatic carbocycles. The van der Waals surface area contributed by atoms with E-state index in [1.54, 1.807) is 12.3 Å². The van der Waals surface area contributed by atoms with E-state index in [2.05, 4.69) is 39.6 Å². The quantitative estimate of drug-likeness (QED) is 0.393. The molecule has 2 aromatic heterocycles. The van der Waals surface area contributed by atoms with Crippen molar-refractivity contribution in [3.63, 3.8) is 0 Å². The average molecular weight is 408 g/mol. The van der Waals surface area contributed by atoms with Gasteiger partial charge >= 0.3 is 0 Å². The molecule has 0 fully saturated rings. The molecule has 3 aromatic rings. The number of aromatic nitrogens is 5. The van der Waals surface area contributed by atoms with E-state index in [0.717, 1.165) is 6.42 Å². The maximum absolute atomic E-state index is 12.3. The monoisotopic (exact) mass is 407 g/mol. The number of unbranched alkanes of at least 4 members (excludes halogenated alkanes) is 5. The number of ether oxygens (including phenoxy) is 1. The van der Waals surface area contributed by atoms with Crippen LogP contribution in [0, 0.1) is 0 Å². The van der Waals surface area contributed by atoms with Crippen LogP contribution in [0.5, 0.6) is 5.75 Å². The van der Waals surface area contributed by atoms with Crippen molar-refractivity contribution < 1.29 is 9.53 Å². The molecule has 30 heavy (non-hydrogen) atoms. The number of hydrogen-bond acceptors (Lipinski definition) is 6. The summed E-state index contributed by atoms with van der Waals surface area (Å²) in [5.41, 5.74) is 1.93. The second-order valence-corrected chi connectivity index (χ2v) is 7.36. The molecule has 0 atom stereocenters. The fourth-order valence-electron chi connectivity index (χ4n) is 3.23. The number of pyridine rings is 1. The highest BCUT2D eigenvalue weighted by Crippen LogP contribution is 2.16. The van der Waals surface area contributed by atoms with Crippen LogP contribution in [0.1, 0.15) is 51.0 Å². The third kappa shape index (κ3) is 6.76. The lowest BCUT2D eigenvalue weighted by Gasteiger charge is -2.08. The molecule has 3 rings (SSSR count). The van der Waals surface area contributed by atoms with E-state index in [9.17, 15) is 4.79 Å². The first-order chi connectivity index (χ1) is 14.8. The molecule has 0 aliphatic rings. The molecule has 0 saturated heterocycles. The predicted octanol–water partition coefficient (Wildman–Crippen LogP) is 4.29. The highest BCUT2D eigenvalue weighted by molar-refractivity contribution is 5.80. The summed E-state index contributed by atoms with van der Waals surface area (Å²) in [6.45, 7) is 2.25. The van der Waals surface area contributed by atoms with Crippen LogP contribution in [0.2, 0.25) is 0 Å². The van der Waals surface area contributed by atoms with Crippen molar-refractivity contribution in [1.82, 2.24) is 25.2 Å². The fraction of sp³-hybridized carbons (Fsp3) is 0.435. The van der Waals surface area contributed by atoms with Gasteiger partial charge in [0.1, 0.15) is 24.6 Å². The van der Waals surface area contributed by atoms with Gasteiger partial charge in [0.2, 0.25) is 5.82 Å². The first-order valence-corrected chi connectivity index (χ1v) is 10.7. The van der Waals surface area contributed by atoms with Crippen LogP contribution in [0.3, 0.4) is 0 Å². The summed E-state index contributed by atoms with van der Waals surface area (Å²) in [4.78, 5) is 16.5. The van der Waals surface area contributed by atoms with Crippen LogP contribution in [0.15, 0.2) is 48.7 Å². The summed E-state index contributed by atoms with van der Waals surface area (Å²) >= 11 is 0. The van der Waals surface area contributed by atoms with Crippen LogP contribution in [0.25, 0.3) is 11.5 Å². The number of carbonyl (C=O) groups excluding carboxylic acids is 1. The maximum Gasteiger partial charge on any atom is 0.201 e. The molecule has 0 bridgehead atoms. The van der Waals surface area contributed by atoms with Gasteiger partial charge in [0.25, 0.3) is 0 Å². The second kappa shape index (κ2) is 11.8. The van der Waals surface area contributed by atoms with Crippen molar-refractivity contribution in [3.05, 3.63) is 54.2 Å². The fourth-order valence-corrected chi connectivity index (χ4v) is 3.23. The van der Waals surface area contributed by atoms with Crippen LogP contribution >= 0.6 is 0 Å². The van der Waals surface area contributed by atoms with Crippen molar-refractivity contribution >= 4 is 5.78 Å². The zero-order chi connectivity index (χ0) is 21.0. The first kappa shape index (κ1) is 21.6. The molecule has 158 valence electrons. The molecule has 0 radical (unpaired) electrons. The maximum atomic E-state index is 12.3. The van der Waals surface area contributed by atoms with Gasteiger partial charge in [0, 0.05) is 6.20 Å². The first-order valence-electron chi connectivity index (χ1n) is 10.7. The van der Waals surface area contributed by atoms with E-state index in [0.29, 0.717) is 17.3 Å². The minimum Gasteiger partial charge on any atom is -0.486 e. The van der Waals surface area contributed by atoms with Gasteiger partial charge in [-0.1, -0.05) is 57.2 Å². The van der Waals surface area contributed by atoms with Crippen molar-refractivity contribution in [2.75, 3.05) is 6.61 Å². The Balaban J connectivity index is 1.42. The van der Waals surface area contributed by atoms with Crippen LogP contribution in [-0.4, -0.2) is 37.6 Å². The molecule has 0 N–H and O–H groups in total. The second-order valence-electron chi connectivity index (χ2n) is 7.36. The lowest BCUT2D eigenvalue weighted by Crippen LogP contribution is -2.19. The Kier molecular flexibility index (Phi) is 8.50. The molecule has 0 spiro atoms. The number of aryl methyl sites for hydroxylation is 1. The lowest BCUT2D eigenvalue weighted by molar-refractivity contribution is -0.121. The van der Waals surface area contributed by atoms with Gasteiger partial charge in [-0.2, -0.15) is 0 Å². The summed E-state index contributed by atoms with van der Waals surface area (Å²) in [5.74, 6) is 1.04. The van der Waals surface area contributed by atoms with Gasteiger partial charge in [-0.05, 0) is 53.1 Å². The SMILES string of the molecule is CCCCCCCCc1ccc(OCC(=O)Cn2nnnc2-c2ccccn2)cc1. The Morgan fingerprint density at radius 2 is 1.80 bits per heavy atom. The molecular weight excluding hydrogens is 378 g/mol. The topological polar surface area (TPSA) is 82.8 Å². The molecule has 0 aliphatic heterocycles. The Labute approximate surface area is 177 Å². The van der Waals surface area contributed by atoms with E-state index in [1.807, 2.05) is 24.3 Å². The number of carbonyl (C=O) groups is 1. The number of ketones is 1. The molecule has 7 heteroatoms. The molecule has 2 heterocycles. The van der Waals surface area contributed by atoms with Crippen molar-refractivity contribution in [2.24, 2.45) is 0 Å².